The lowest BCUT2D eigenvalue weighted by atomic mass is 10.1. The van der Waals surface area contributed by atoms with Crippen LogP contribution in [0.25, 0.3) is 0 Å². The van der Waals surface area contributed by atoms with Crippen LogP contribution >= 0.6 is 0 Å². The molecule has 0 bridgehead atoms. The van der Waals surface area contributed by atoms with E-state index in [9.17, 15) is 9.59 Å². The van der Waals surface area contributed by atoms with Gasteiger partial charge in [-0.25, -0.2) is 5.48 Å². The van der Waals surface area contributed by atoms with Crippen molar-refractivity contribution >= 4 is 11.7 Å². The fourth-order valence-corrected chi connectivity index (χ4v) is 0.785. The second kappa shape index (κ2) is 10.1. The molecule has 14 heavy (non-hydrogen) atoms. The average Bonchev–Trinajstić information content (AvgIpc) is 2.19. The first-order valence-electron chi connectivity index (χ1n) is 4.77. The molecule has 4 N–H and O–H groups in total. The van der Waals surface area contributed by atoms with Gasteiger partial charge in [-0.1, -0.05) is 13.8 Å². The standard InChI is InChI=1S/C7H14N2O3.C2H6/c1-5(10)3-2-4-6(8)7(11)9-12;1-2/h6,12H,2-4,8H2,1H3,(H,9,11);1-2H3. The third-order valence-electron chi connectivity index (χ3n) is 1.49. The Morgan fingerprint density at radius 2 is 1.93 bits per heavy atom. The maximum absolute atomic E-state index is 10.6. The number of hydrogen-bond acceptors (Lipinski definition) is 4. The predicted octanol–water partition coefficient (Wildman–Crippen LogP) is 0.605. The number of ketones is 1. The van der Waals surface area contributed by atoms with Crippen LogP contribution in [0.4, 0.5) is 0 Å². The third kappa shape index (κ3) is 9.15. The molecule has 0 aromatic carbocycles. The Morgan fingerprint density at radius 1 is 1.43 bits per heavy atom. The van der Waals surface area contributed by atoms with Crippen LogP contribution < -0.4 is 11.2 Å². The fraction of sp³-hybridized carbons (Fsp3) is 0.778. The number of rotatable bonds is 5. The summed E-state index contributed by atoms with van der Waals surface area (Å²) in [6, 6.07) is -0.727. The summed E-state index contributed by atoms with van der Waals surface area (Å²) in [4.78, 5) is 21.1. The normalized spacial score (nSPS) is 10.9. The highest BCUT2D eigenvalue weighted by Gasteiger charge is 2.11. The van der Waals surface area contributed by atoms with Crippen molar-refractivity contribution in [2.75, 3.05) is 0 Å². The van der Waals surface area contributed by atoms with E-state index in [2.05, 4.69) is 0 Å². The van der Waals surface area contributed by atoms with Crippen LogP contribution in [0, 0.1) is 0 Å². The maximum atomic E-state index is 10.6. The minimum atomic E-state index is -0.727. The summed E-state index contributed by atoms with van der Waals surface area (Å²) in [6.45, 7) is 5.48. The third-order valence-corrected chi connectivity index (χ3v) is 1.49. The molecule has 84 valence electrons. The van der Waals surface area contributed by atoms with Crippen LogP contribution in [0.5, 0.6) is 0 Å². The van der Waals surface area contributed by atoms with E-state index in [0.29, 0.717) is 19.3 Å². The molecular formula is C9H20N2O3. The van der Waals surface area contributed by atoms with E-state index in [1.165, 1.54) is 12.4 Å². The lowest BCUT2D eigenvalue weighted by Crippen LogP contribution is -2.38. The highest BCUT2D eigenvalue weighted by atomic mass is 16.5. The number of carbonyl (C=O) groups excluding carboxylic acids is 2. The lowest BCUT2D eigenvalue weighted by Gasteiger charge is -2.07. The van der Waals surface area contributed by atoms with Gasteiger partial charge in [0, 0.05) is 6.42 Å². The van der Waals surface area contributed by atoms with E-state index in [-0.39, 0.29) is 5.78 Å². The minimum absolute atomic E-state index is 0.0756. The molecule has 0 rings (SSSR count). The summed E-state index contributed by atoms with van der Waals surface area (Å²) in [5, 5.41) is 8.17. The molecule has 0 spiro atoms. The molecule has 0 aliphatic rings. The van der Waals surface area contributed by atoms with Gasteiger partial charge in [-0.2, -0.15) is 0 Å². The molecule has 0 heterocycles. The Bertz CT molecular complexity index is 171. The largest absolute Gasteiger partial charge is 0.320 e. The first-order chi connectivity index (χ1) is 6.57. The van der Waals surface area contributed by atoms with Crippen LogP contribution in [0.2, 0.25) is 0 Å². The Kier molecular flexibility index (Phi) is 11.3. The molecule has 0 radical (unpaired) electrons. The highest BCUT2D eigenvalue weighted by molar-refractivity contribution is 5.80. The summed E-state index contributed by atoms with van der Waals surface area (Å²) < 4.78 is 0. The molecular weight excluding hydrogens is 184 g/mol. The van der Waals surface area contributed by atoms with Gasteiger partial charge >= 0.3 is 0 Å². The molecule has 1 amide bonds. The Labute approximate surface area is 84.6 Å². The van der Waals surface area contributed by atoms with E-state index in [1.54, 1.807) is 0 Å². The first kappa shape index (κ1) is 15.5. The molecule has 1 unspecified atom stereocenters. The zero-order valence-corrected chi connectivity index (χ0v) is 9.04. The topological polar surface area (TPSA) is 92.4 Å². The van der Waals surface area contributed by atoms with Gasteiger partial charge in [0.25, 0.3) is 5.91 Å². The molecule has 0 aliphatic heterocycles. The second-order valence-electron chi connectivity index (χ2n) is 2.68. The lowest BCUT2D eigenvalue weighted by molar-refractivity contribution is -0.130. The molecule has 0 saturated carbocycles. The van der Waals surface area contributed by atoms with Crippen molar-refractivity contribution in [3.63, 3.8) is 0 Å². The number of hydrogen-bond donors (Lipinski definition) is 3. The van der Waals surface area contributed by atoms with Gasteiger partial charge in [-0.15, -0.1) is 0 Å². The van der Waals surface area contributed by atoms with Crippen LogP contribution in [0.3, 0.4) is 0 Å². The van der Waals surface area contributed by atoms with Crippen LogP contribution in [0.1, 0.15) is 40.0 Å². The molecule has 0 aromatic heterocycles. The summed E-state index contributed by atoms with van der Waals surface area (Å²) in [5.41, 5.74) is 6.78. The van der Waals surface area contributed by atoms with E-state index >= 15 is 0 Å². The Hall–Kier alpha value is -0.940. The predicted molar refractivity (Wildman–Crippen MR) is 53.8 cm³/mol. The van der Waals surface area contributed by atoms with Crippen molar-refractivity contribution in [1.29, 1.82) is 0 Å². The summed E-state index contributed by atoms with van der Waals surface area (Å²) in [7, 11) is 0. The number of nitrogens with two attached hydrogens (primary N) is 1. The van der Waals surface area contributed by atoms with Crippen molar-refractivity contribution in [1.82, 2.24) is 5.48 Å². The maximum Gasteiger partial charge on any atom is 0.260 e. The smallest absolute Gasteiger partial charge is 0.260 e. The molecule has 1 atom stereocenters. The molecule has 0 saturated heterocycles. The first-order valence-corrected chi connectivity index (χ1v) is 4.77. The molecule has 5 heteroatoms. The zero-order chi connectivity index (χ0) is 11.6. The number of amides is 1. The van der Waals surface area contributed by atoms with Gasteiger partial charge in [-0.3, -0.25) is 10.0 Å². The second-order valence-corrected chi connectivity index (χ2v) is 2.68. The van der Waals surface area contributed by atoms with Crippen molar-refractivity contribution < 1.29 is 14.8 Å². The van der Waals surface area contributed by atoms with Crippen LogP contribution in [-0.4, -0.2) is 22.9 Å². The monoisotopic (exact) mass is 204 g/mol. The van der Waals surface area contributed by atoms with E-state index in [4.69, 9.17) is 10.9 Å². The number of Topliss-reactive ketones (excluding diaryl/α,β-unsaturated/α-hetero) is 1. The van der Waals surface area contributed by atoms with E-state index in [0.717, 1.165) is 0 Å². The number of nitrogens with one attached hydrogen (secondary N) is 1. The van der Waals surface area contributed by atoms with Crippen molar-refractivity contribution in [3.8, 4) is 0 Å². The van der Waals surface area contributed by atoms with E-state index < -0.39 is 11.9 Å². The van der Waals surface area contributed by atoms with Gasteiger partial charge in [0.05, 0.1) is 6.04 Å². The van der Waals surface area contributed by atoms with Crippen molar-refractivity contribution in [3.05, 3.63) is 0 Å². The summed E-state index contributed by atoms with van der Waals surface area (Å²) in [6.07, 6.45) is 1.41. The van der Waals surface area contributed by atoms with Crippen LogP contribution in [0.15, 0.2) is 0 Å². The quantitative estimate of drug-likeness (QED) is 0.451. The SMILES string of the molecule is CC.CC(=O)CCCC(N)C(=O)NO. The van der Waals surface area contributed by atoms with Gasteiger partial charge in [0.2, 0.25) is 0 Å². The van der Waals surface area contributed by atoms with Gasteiger partial charge in [0.15, 0.2) is 0 Å². The molecule has 0 fully saturated rings. The Balaban J connectivity index is 0. The molecule has 5 nitrogen and oxygen atoms in total. The van der Waals surface area contributed by atoms with Gasteiger partial charge < -0.3 is 10.5 Å². The number of hydroxylamine groups is 1. The van der Waals surface area contributed by atoms with Crippen LogP contribution in [-0.2, 0) is 9.59 Å². The molecule has 0 aliphatic carbocycles. The van der Waals surface area contributed by atoms with Crippen molar-refractivity contribution in [2.24, 2.45) is 5.73 Å². The summed E-state index contributed by atoms with van der Waals surface area (Å²) >= 11 is 0. The van der Waals surface area contributed by atoms with Gasteiger partial charge in [0.1, 0.15) is 5.78 Å². The minimum Gasteiger partial charge on any atom is -0.320 e. The van der Waals surface area contributed by atoms with Crippen molar-refractivity contribution in [2.45, 2.75) is 46.1 Å². The average molecular weight is 204 g/mol. The number of carbonyl (C=O) groups is 2. The fourth-order valence-electron chi connectivity index (χ4n) is 0.785. The van der Waals surface area contributed by atoms with E-state index in [1.807, 2.05) is 13.8 Å². The van der Waals surface area contributed by atoms with Gasteiger partial charge in [-0.05, 0) is 19.8 Å². The summed E-state index contributed by atoms with van der Waals surface area (Å²) in [5.74, 6) is -0.537. The Morgan fingerprint density at radius 3 is 2.29 bits per heavy atom. The zero-order valence-electron chi connectivity index (χ0n) is 9.04. The molecule has 0 aromatic rings. The highest BCUT2D eigenvalue weighted by Crippen LogP contribution is 1.99.